The van der Waals surface area contributed by atoms with Gasteiger partial charge in [0.15, 0.2) is 11.6 Å². The summed E-state index contributed by atoms with van der Waals surface area (Å²) in [4.78, 5) is 26.0. The lowest BCUT2D eigenvalue weighted by Crippen LogP contribution is -2.51. The van der Waals surface area contributed by atoms with Crippen LogP contribution in [0.25, 0.3) is 27.4 Å². The van der Waals surface area contributed by atoms with E-state index in [4.69, 9.17) is 8.85 Å². The van der Waals surface area contributed by atoms with Gasteiger partial charge in [0, 0.05) is 52.3 Å². The molecule has 2 aromatic carbocycles. The molecular formula is C32H30F6N6O3. The maximum Gasteiger partial charge on any atom is 0.431 e. The Balaban J connectivity index is 1.34. The van der Waals surface area contributed by atoms with Crippen molar-refractivity contribution >= 4 is 27.5 Å². The van der Waals surface area contributed by atoms with Crippen molar-refractivity contribution < 1.29 is 40.3 Å². The lowest BCUT2D eigenvalue weighted by molar-refractivity contribution is -0.142. The van der Waals surface area contributed by atoms with Gasteiger partial charge in [0.05, 0.1) is 18.0 Å². The van der Waals surface area contributed by atoms with Crippen molar-refractivity contribution in [2.24, 2.45) is 0 Å². The van der Waals surface area contributed by atoms with Gasteiger partial charge in [-0.3, -0.25) is 14.3 Å². The maximum atomic E-state index is 15.3. The van der Waals surface area contributed by atoms with Crippen LogP contribution in [0.3, 0.4) is 0 Å². The Morgan fingerprint density at radius 2 is 1.89 bits per heavy atom. The van der Waals surface area contributed by atoms with Gasteiger partial charge < -0.3 is 20.1 Å². The van der Waals surface area contributed by atoms with Crippen LogP contribution in [0, 0.1) is 11.6 Å². The van der Waals surface area contributed by atoms with Crippen LogP contribution in [0.15, 0.2) is 35.1 Å². The number of hydrogen-bond acceptors (Lipinski definition) is 8. The van der Waals surface area contributed by atoms with E-state index in [2.05, 4.69) is 15.3 Å². The molecular weight excluding hydrogens is 630 g/mol. The van der Waals surface area contributed by atoms with Gasteiger partial charge >= 0.3 is 12.2 Å². The van der Waals surface area contributed by atoms with Gasteiger partial charge in [-0.15, -0.1) is 0 Å². The Bertz CT molecular complexity index is 2120. The number of piperazine rings is 1. The lowest BCUT2D eigenvalue weighted by atomic mass is 9.95. The third-order valence-corrected chi connectivity index (χ3v) is 9.64. The highest BCUT2D eigenvalue weighted by Crippen LogP contribution is 2.42. The van der Waals surface area contributed by atoms with Crippen LogP contribution in [0.2, 0.25) is 0 Å². The van der Waals surface area contributed by atoms with Crippen molar-refractivity contribution in [3.05, 3.63) is 58.0 Å². The van der Waals surface area contributed by atoms with Gasteiger partial charge in [-0.25, -0.2) is 13.2 Å². The number of phenolic OH excluding ortho intramolecular Hbond substituents is 1. The van der Waals surface area contributed by atoms with E-state index in [0.29, 0.717) is 19.2 Å². The highest BCUT2D eigenvalue weighted by Gasteiger charge is 2.49. The minimum atomic E-state index is -5.22. The first-order chi connectivity index (χ1) is 23.4. The number of ether oxygens (including phenoxy) is 1. The monoisotopic (exact) mass is 663 g/mol. The summed E-state index contributed by atoms with van der Waals surface area (Å²) < 4.78 is 120. The van der Waals surface area contributed by atoms with Gasteiger partial charge in [0.25, 0.3) is 5.56 Å². The second-order valence-electron chi connectivity index (χ2n) is 12.7. The number of aromatic hydroxyl groups is 1. The van der Waals surface area contributed by atoms with Crippen molar-refractivity contribution in [3.63, 3.8) is 0 Å². The fourth-order valence-electron chi connectivity index (χ4n) is 7.53. The molecule has 0 unspecified atom stereocenters. The lowest BCUT2D eigenvalue weighted by Gasteiger charge is -2.34. The molecule has 2 aromatic heterocycles. The van der Waals surface area contributed by atoms with Crippen molar-refractivity contribution in [2.45, 2.75) is 62.1 Å². The molecule has 0 saturated carbocycles. The summed E-state index contributed by atoms with van der Waals surface area (Å²) >= 11 is 0. The first-order valence-electron chi connectivity index (χ1n) is 16.7. The number of anilines is 1. The number of nitrogens with zero attached hydrogens (tertiary/aromatic N) is 5. The standard InChI is InChI=1S/C32H30F6N6O3/c33-17-11-31(6-1-7-43(31)12-17)15-47-30-40-27-21(28(41-30)42-13-18-3-4-19(14-42)39-18)10-24(32(36,37)38)44(29(27)46)23-9-20(45)8-16-2-5-22(34)26(35)25(16)23/h2,5,8-10,17-19,39,45H,1,3-4,6-7,11-15H2/t17-,18-,19+,31+/m1/s1/i7D2,17D. The van der Waals surface area contributed by atoms with Gasteiger partial charge in [0.1, 0.15) is 35.5 Å². The average molecular weight is 664 g/mol. The second-order valence-corrected chi connectivity index (χ2v) is 12.7. The number of phenols is 1. The van der Waals surface area contributed by atoms with E-state index in [1.807, 2.05) is 0 Å². The third-order valence-electron chi connectivity index (χ3n) is 9.64. The molecule has 4 aliphatic heterocycles. The fraction of sp³-hybridized carbons (Fsp3) is 0.469. The first-order valence-corrected chi connectivity index (χ1v) is 15.2. The molecule has 47 heavy (non-hydrogen) atoms. The zero-order chi connectivity index (χ0) is 35.5. The van der Waals surface area contributed by atoms with E-state index >= 15 is 4.39 Å². The molecule has 4 fully saturated rings. The van der Waals surface area contributed by atoms with E-state index in [0.717, 1.165) is 37.1 Å². The van der Waals surface area contributed by atoms with Crippen molar-refractivity contribution in [1.82, 2.24) is 24.8 Å². The summed E-state index contributed by atoms with van der Waals surface area (Å²) in [7, 11) is 0. The third kappa shape index (κ3) is 4.96. The number of benzene rings is 2. The Hall–Kier alpha value is -4.11. The van der Waals surface area contributed by atoms with Crippen LogP contribution < -0.4 is 20.5 Å². The zero-order valence-corrected chi connectivity index (χ0v) is 24.7. The van der Waals surface area contributed by atoms with E-state index in [-0.39, 0.29) is 59.1 Å². The highest BCUT2D eigenvalue weighted by atomic mass is 19.4. The van der Waals surface area contributed by atoms with E-state index in [9.17, 15) is 31.9 Å². The topological polar surface area (TPSA) is 95.8 Å². The maximum absolute atomic E-state index is 15.3. The number of hydrogen-bond donors (Lipinski definition) is 2. The Morgan fingerprint density at radius 3 is 2.64 bits per heavy atom. The van der Waals surface area contributed by atoms with Crippen LogP contribution in [-0.2, 0) is 6.18 Å². The largest absolute Gasteiger partial charge is 0.508 e. The SMILES string of the molecule is [2H]C1([2H])CC[C@@]2(COc3nc(N4C[C@H]5CC[C@@H](C4)N5)c4cc(C(F)(F)F)n(-c5cc(O)cc6ccc(F)c(F)c56)c(=O)c4n3)C[C@@]([2H])(F)CN12. The fourth-order valence-corrected chi connectivity index (χ4v) is 7.53. The van der Waals surface area contributed by atoms with Crippen molar-refractivity contribution in [3.8, 4) is 17.4 Å². The molecule has 248 valence electrons. The Kier molecular flexibility index (Phi) is 6.13. The summed E-state index contributed by atoms with van der Waals surface area (Å²) in [5.74, 6) is -3.57. The normalized spacial score (nSPS) is 29.7. The molecule has 4 aromatic rings. The number of alkyl halides is 4. The molecule has 4 aliphatic rings. The van der Waals surface area contributed by atoms with Gasteiger partial charge in [-0.1, -0.05) is 6.07 Å². The summed E-state index contributed by atoms with van der Waals surface area (Å²) in [6.07, 6.45) is -6.27. The molecule has 0 aliphatic carbocycles. The van der Waals surface area contributed by atoms with E-state index in [1.165, 1.54) is 4.90 Å². The smallest absolute Gasteiger partial charge is 0.431 e. The molecule has 6 heterocycles. The minimum Gasteiger partial charge on any atom is -0.508 e. The second kappa shape index (κ2) is 10.7. The Labute approximate surface area is 268 Å². The summed E-state index contributed by atoms with van der Waals surface area (Å²) in [5, 5.41) is 12.7. The number of halogens is 6. The number of fused-ring (bicyclic) bond motifs is 5. The molecule has 15 heteroatoms. The quantitative estimate of drug-likeness (QED) is 0.294. The first kappa shape index (κ1) is 26.9. The predicted octanol–water partition coefficient (Wildman–Crippen LogP) is 4.83. The van der Waals surface area contributed by atoms with Crippen molar-refractivity contribution in [1.29, 1.82) is 0 Å². The van der Waals surface area contributed by atoms with Crippen LogP contribution in [-0.4, -0.2) is 81.0 Å². The summed E-state index contributed by atoms with van der Waals surface area (Å²) in [5.41, 5.74) is -5.52. The van der Waals surface area contributed by atoms with Gasteiger partial charge in [-0.05, 0) is 55.8 Å². The van der Waals surface area contributed by atoms with Crippen LogP contribution in [0.1, 0.15) is 41.9 Å². The van der Waals surface area contributed by atoms with E-state index in [1.54, 1.807) is 4.90 Å². The Morgan fingerprint density at radius 1 is 1.13 bits per heavy atom. The van der Waals surface area contributed by atoms with E-state index < -0.39 is 82.1 Å². The average Bonchev–Trinajstić information content (AvgIpc) is 3.61. The zero-order valence-electron chi connectivity index (χ0n) is 27.7. The van der Waals surface area contributed by atoms with Gasteiger partial charge in [-0.2, -0.15) is 23.1 Å². The van der Waals surface area contributed by atoms with Crippen LogP contribution in [0.4, 0.5) is 32.2 Å². The number of aromatic nitrogens is 3. The predicted molar refractivity (Wildman–Crippen MR) is 160 cm³/mol. The summed E-state index contributed by atoms with van der Waals surface area (Å²) in [6, 6.07) is 3.73. The number of pyridine rings is 1. The number of nitrogens with one attached hydrogen (secondary N) is 1. The molecule has 0 spiro atoms. The molecule has 9 nitrogen and oxygen atoms in total. The number of rotatable bonds is 5. The van der Waals surface area contributed by atoms with Gasteiger partial charge in [0.2, 0.25) is 0 Å². The molecule has 0 radical (unpaired) electrons. The molecule has 8 rings (SSSR count). The molecule has 0 amide bonds. The summed E-state index contributed by atoms with van der Waals surface area (Å²) in [6.45, 7) is -2.15. The molecule has 2 bridgehead atoms. The minimum absolute atomic E-state index is 0.0106. The molecule has 2 N–H and O–H groups in total. The van der Waals surface area contributed by atoms with Crippen LogP contribution >= 0.6 is 0 Å². The molecule has 4 saturated heterocycles. The van der Waals surface area contributed by atoms with Crippen LogP contribution in [0.5, 0.6) is 11.8 Å². The van der Waals surface area contributed by atoms with Crippen molar-refractivity contribution in [2.75, 3.05) is 37.6 Å². The molecule has 4 atom stereocenters. The highest BCUT2D eigenvalue weighted by molar-refractivity contribution is 5.94.